The van der Waals surface area contributed by atoms with E-state index in [0.29, 0.717) is 11.2 Å². The second-order valence-corrected chi connectivity index (χ2v) is 8.29. The topological polar surface area (TPSA) is 83.8 Å². The Hall–Kier alpha value is -2.71. The highest BCUT2D eigenvalue weighted by molar-refractivity contribution is 7.89. The lowest BCUT2D eigenvalue weighted by molar-refractivity contribution is 0.0946. The highest BCUT2D eigenvalue weighted by Crippen LogP contribution is 2.18. The van der Waals surface area contributed by atoms with E-state index in [9.17, 15) is 13.2 Å². The van der Waals surface area contributed by atoms with E-state index >= 15 is 0 Å². The number of rotatable bonds is 5. The summed E-state index contributed by atoms with van der Waals surface area (Å²) in [6.45, 7) is 2.05. The van der Waals surface area contributed by atoms with Gasteiger partial charge in [0.1, 0.15) is 11.3 Å². The minimum atomic E-state index is -3.58. The summed E-state index contributed by atoms with van der Waals surface area (Å²) < 4.78 is 27.7. The van der Waals surface area contributed by atoms with Crippen LogP contribution in [0.3, 0.4) is 0 Å². The van der Waals surface area contributed by atoms with Crippen LogP contribution in [-0.4, -0.2) is 42.1 Å². The molecule has 0 aliphatic heterocycles. The predicted molar refractivity (Wildman–Crippen MR) is 98.4 cm³/mol. The highest BCUT2D eigenvalue weighted by atomic mass is 32.2. The van der Waals surface area contributed by atoms with Crippen LogP contribution >= 0.6 is 0 Å². The molecule has 1 N–H and O–H groups in total. The van der Waals surface area contributed by atoms with E-state index in [2.05, 4.69) is 10.3 Å². The summed E-state index contributed by atoms with van der Waals surface area (Å²) in [5.41, 5.74) is 2.54. The largest absolute Gasteiger partial charge is 0.347 e. The maximum Gasteiger partial charge on any atom is 0.271 e. The summed E-state index contributed by atoms with van der Waals surface area (Å²) in [6.07, 6.45) is 3.49. The summed E-state index contributed by atoms with van der Waals surface area (Å²) in [5.74, 6) is -0.358. The Bertz CT molecular complexity index is 1070. The van der Waals surface area contributed by atoms with E-state index < -0.39 is 10.0 Å². The molecule has 0 spiro atoms. The number of aromatic nitrogens is 2. The van der Waals surface area contributed by atoms with Gasteiger partial charge in [-0.05, 0) is 36.2 Å². The van der Waals surface area contributed by atoms with Crippen LogP contribution in [0.15, 0.2) is 53.7 Å². The molecule has 0 fully saturated rings. The van der Waals surface area contributed by atoms with Gasteiger partial charge in [0.05, 0.1) is 4.90 Å². The van der Waals surface area contributed by atoms with Crippen molar-refractivity contribution >= 4 is 21.6 Å². The van der Waals surface area contributed by atoms with Gasteiger partial charge in [-0.3, -0.25) is 4.79 Å². The van der Waals surface area contributed by atoms with Gasteiger partial charge in [0.15, 0.2) is 0 Å². The third-order valence-corrected chi connectivity index (χ3v) is 5.93. The molecule has 3 rings (SSSR count). The number of nitrogens with one attached hydrogen (secondary N) is 1. The number of hydrogen-bond donors (Lipinski definition) is 1. The predicted octanol–water partition coefficient (Wildman–Crippen LogP) is 1.82. The molecule has 0 saturated carbocycles. The first-order chi connectivity index (χ1) is 12.3. The number of fused-ring (bicyclic) bond motifs is 1. The van der Waals surface area contributed by atoms with Gasteiger partial charge in [-0.1, -0.05) is 18.2 Å². The Morgan fingerprint density at radius 1 is 1.23 bits per heavy atom. The zero-order valence-corrected chi connectivity index (χ0v) is 15.6. The van der Waals surface area contributed by atoms with Gasteiger partial charge in [-0.15, -0.1) is 0 Å². The molecule has 0 atom stereocenters. The molecule has 0 aliphatic carbocycles. The van der Waals surface area contributed by atoms with Crippen LogP contribution in [0, 0.1) is 6.92 Å². The molecule has 8 heteroatoms. The second-order valence-electron chi connectivity index (χ2n) is 6.17. The molecule has 0 unspecified atom stereocenters. The monoisotopic (exact) mass is 372 g/mol. The van der Waals surface area contributed by atoms with Gasteiger partial charge in [0, 0.05) is 33.0 Å². The fourth-order valence-electron chi connectivity index (χ4n) is 2.56. The van der Waals surface area contributed by atoms with Gasteiger partial charge in [0.2, 0.25) is 10.0 Å². The lowest BCUT2D eigenvalue weighted by Crippen LogP contribution is -2.27. The number of nitrogens with zero attached hydrogens (tertiary/aromatic N) is 3. The number of benzene rings is 1. The number of carbonyl (C=O) groups excluding carboxylic acids is 1. The van der Waals surface area contributed by atoms with Gasteiger partial charge >= 0.3 is 0 Å². The molecule has 0 radical (unpaired) electrons. The molecule has 26 heavy (non-hydrogen) atoms. The van der Waals surface area contributed by atoms with E-state index in [0.717, 1.165) is 9.87 Å². The third kappa shape index (κ3) is 3.47. The van der Waals surface area contributed by atoms with Crippen molar-refractivity contribution in [1.82, 2.24) is 19.0 Å². The smallest absolute Gasteiger partial charge is 0.271 e. The van der Waals surface area contributed by atoms with Crippen molar-refractivity contribution in [2.75, 3.05) is 14.1 Å². The van der Waals surface area contributed by atoms with Crippen LogP contribution in [0.1, 0.15) is 21.6 Å². The Kier molecular flexibility index (Phi) is 4.80. The third-order valence-electron chi connectivity index (χ3n) is 4.02. The Morgan fingerprint density at radius 2 is 1.96 bits per heavy atom. The second kappa shape index (κ2) is 6.89. The minimum Gasteiger partial charge on any atom is -0.347 e. The van der Waals surface area contributed by atoms with Crippen LogP contribution in [0.2, 0.25) is 0 Å². The van der Waals surface area contributed by atoms with E-state index in [1.54, 1.807) is 28.8 Å². The standard InChI is InChI=1S/C18H20N4O3S/c1-13-8-9-22-12-15(20-17(22)10-13)18(23)19-11-14-6-4-5-7-16(14)26(24,25)21(2)3/h4-10,12H,11H2,1-3H3,(H,19,23). The zero-order chi connectivity index (χ0) is 18.9. The van der Waals surface area contributed by atoms with Crippen molar-refractivity contribution in [2.24, 2.45) is 0 Å². The normalized spacial score (nSPS) is 11.8. The number of hydrogen-bond acceptors (Lipinski definition) is 4. The number of amides is 1. The lowest BCUT2D eigenvalue weighted by atomic mass is 10.2. The fraction of sp³-hybridized carbons (Fsp3) is 0.222. The zero-order valence-electron chi connectivity index (χ0n) is 14.8. The van der Waals surface area contributed by atoms with Crippen molar-refractivity contribution < 1.29 is 13.2 Å². The Morgan fingerprint density at radius 3 is 2.69 bits per heavy atom. The van der Waals surface area contributed by atoms with Crippen molar-refractivity contribution in [1.29, 1.82) is 0 Å². The summed E-state index contributed by atoms with van der Waals surface area (Å²) in [5, 5.41) is 2.74. The summed E-state index contributed by atoms with van der Waals surface area (Å²) in [4.78, 5) is 16.9. The SMILES string of the molecule is Cc1ccn2cc(C(=O)NCc3ccccc3S(=O)(=O)N(C)C)nc2c1. The average Bonchev–Trinajstić information content (AvgIpc) is 3.03. The first-order valence-electron chi connectivity index (χ1n) is 8.03. The average molecular weight is 372 g/mol. The lowest BCUT2D eigenvalue weighted by Gasteiger charge is -2.15. The van der Waals surface area contributed by atoms with E-state index in [-0.39, 0.29) is 23.0 Å². The molecule has 2 heterocycles. The molecule has 0 saturated heterocycles. The van der Waals surface area contributed by atoms with Crippen LogP contribution < -0.4 is 5.32 Å². The molecule has 136 valence electrons. The van der Waals surface area contributed by atoms with Crippen molar-refractivity contribution in [2.45, 2.75) is 18.4 Å². The number of carbonyl (C=O) groups is 1. The first-order valence-corrected chi connectivity index (χ1v) is 9.47. The van der Waals surface area contributed by atoms with Crippen LogP contribution in [-0.2, 0) is 16.6 Å². The molecular weight excluding hydrogens is 352 g/mol. The van der Waals surface area contributed by atoms with E-state index in [4.69, 9.17) is 0 Å². The number of aryl methyl sites for hydroxylation is 1. The molecular formula is C18H20N4O3S. The molecule has 2 aromatic heterocycles. The minimum absolute atomic E-state index is 0.0922. The number of imidazole rings is 1. The Balaban J connectivity index is 1.81. The van der Waals surface area contributed by atoms with Crippen molar-refractivity contribution in [3.8, 4) is 0 Å². The molecule has 0 bridgehead atoms. The van der Waals surface area contributed by atoms with Gasteiger partial charge in [-0.25, -0.2) is 17.7 Å². The highest BCUT2D eigenvalue weighted by Gasteiger charge is 2.21. The quantitative estimate of drug-likeness (QED) is 0.740. The van der Waals surface area contributed by atoms with Gasteiger partial charge in [0.25, 0.3) is 5.91 Å². The van der Waals surface area contributed by atoms with E-state index in [1.807, 2.05) is 25.3 Å². The Labute approximate surface area is 152 Å². The van der Waals surface area contributed by atoms with Crippen molar-refractivity contribution in [3.63, 3.8) is 0 Å². The summed E-state index contributed by atoms with van der Waals surface area (Å²) in [7, 11) is -0.632. The molecule has 1 amide bonds. The fourth-order valence-corrected chi connectivity index (χ4v) is 3.67. The summed E-state index contributed by atoms with van der Waals surface area (Å²) in [6, 6.07) is 10.4. The summed E-state index contributed by atoms with van der Waals surface area (Å²) >= 11 is 0. The molecule has 0 aliphatic rings. The van der Waals surface area contributed by atoms with Crippen LogP contribution in [0.25, 0.3) is 5.65 Å². The van der Waals surface area contributed by atoms with Crippen LogP contribution in [0.5, 0.6) is 0 Å². The van der Waals surface area contributed by atoms with Crippen molar-refractivity contribution in [3.05, 3.63) is 65.6 Å². The first kappa shape index (κ1) is 18.1. The molecule has 1 aromatic carbocycles. The number of sulfonamides is 1. The van der Waals surface area contributed by atoms with Gasteiger partial charge in [-0.2, -0.15) is 0 Å². The van der Waals surface area contributed by atoms with Gasteiger partial charge < -0.3 is 9.72 Å². The molecule has 3 aromatic rings. The maximum atomic E-state index is 12.4. The van der Waals surface area contributed by atoms with Crippen LogP contribution in [0.4, 0.5) is 0 Å². The number of pyridine rings is 1. The van der Waals surface area contributed by atoms with E-state index in [1.165, 1.54) is 20.2 Å². The molecule has 7 nitrogen and oxygen atoms in total. The maximum absolute atomic E-state index is 12.4.